The maximum atomic E-state index is 9.36. The van der Waals surface area contributed by atoms with Gasteiger partial charge in [-0.25, -0.2) is 9.97 Å². The van der Waals surface area contributed by atoms with Crippen LogP contribution >= 0.6 is 0 Å². The van der Waals surface area contributed by atoms with Crippen molar-refractivity contribution in [2.24, 2.45) is 0 Å². The number of nitriles is 1. The first-order chi connectivity index (χ1) is 14.3. The van der Waals surface area contributed by atoms with E-state index >= 15 is 0 Å². The Morgan fingerprint density at radius 1 is 1.00 bits per heavy atom. The average Bonchev–Trinajstić information content (AvgIpc) is 3.22. The predicted molar refractivity (Wildman–Crippen MR) is 112 cm³/mol. The van der Waals surface area contributed by atoms with Gasteiger partial charge in [-0.3, -0.25) is 4.57 Å². The molecule has 0 aliphatic heterocycles. The summed E-state index contributed by atoms with van der Waals surface area (Å²) in [5.74, 6) is 1.49. The van der Waals surface area contributed by atoms with Gasteiger partial charge in [0.05, 0.1) is 16.8 Å². The summed E-state index contributed by atoms with van der Waals surface area (Å²) in [4.78, 5) is 14.2. The van der Waals surface area contributed by atoms with Crippen LogP contribution in [0, 0.1) is 11.3 Å². The van der Waals surface area contributed by atoms with E-state index in [0.717, 1.165) is 42.7 Å². The normalized spacial score (nSPS) is 13.1. The van der Waals surface area contributed by atoms with Crippen LogP contribution in [0.5, 0.6) is 0 Å². The fourth-order valence-corrected chi connectivity index (χ4v) is 3.91. The summed E-state index contributed by atoms with van der Waals surface area (Å²) in [5, 5.41) is 12.9. The van der Waals surface area contributed by atoms with Gasteiger partial charge in [0.15, 0.2) is 0 Å². The molecule has 0 atom stereocenters. The van der Waals surface area contributed by atoms with Crippen molar-refractivity contribution in [1.82, 2.24) is 19.5 Å². The monoisotopic (exact) mass is 380 g/mol. The van der Waals surface area contributed by atoms with Gasteiger partial charge in [-0.05, 0) is 43.4 Å². The van der Waals surface area contributed by atoms with E-state index in [0.29, 0.717) is 23.6 Å². The second kappa shape index (κ2) is 7.36. The van der Waals surface area contributed by atoms with Gasteiger partial charge in [-0.2, -0.15) is 10.2 Å². The quantitative estimate of drug-likeness (QED) is 0.575. The molecule has 0 saturated carbocycles. The molecule has 0 radical (unpaired) electrons. The highest BCUT2D eigenvalue weighted by Gasteiger charge is 2.19. The molecule has 5 rings (SSSR count). The molecule has 0 bridgehead atoms. The third-order valence-corrected chi connectivity index (χ3v) is 5.39. The summed E-state index contributed by atoms with van der Waals surface area (Å²) in [5.41, 5.74) is 5.61. The molecule has 29 heavy (non-hydrogen) atoms. The SMILES string of the molecule is N#Cc1cccc2c1ncn2-c1nc2c(c(NCc3ccccc3)n1)CCCC2. The molecule has 0 spiro atoms. The van der Waals surface area contributed by atoms with Crippen LogP contribution in [0.15, 0.2) is 54.9 Å². The molecule has 1 aliphatic rings. The Labute approximate surface area is 168 Å². The van der Waals surface area contributed by atoms with Gasteiger partial charge in [0.1, 0.15) is 23.7 Å². The number of hydrogen-bond donors (Lipinski definition) is 1. The topological polar surface area (TPSA) is 79.4 Å². The Hall–Kier alpha value is -3.72. The van der Waals surface area contributed by atoms with Crippen molar-refractivity contribution in [1.29, 1.82) is 5.26 Å². The van der Waals surface area contributed by atoms with E-state index in [-0.39, 0.29) is 0 Å². The minimum atomic E-state index is 0.557. The van der Waals surface area contributed by atoms with Gasteiger partial charge in [0.25, 0.3) is 0 Å². The largest absolute Gasteiger partial charge is 0.366 e. The lowest BCUT2D eigenvalue weighted by molar-refractivity contribution is 0.659. The van der Waals surface area contributed by atoms with Gasteiger partial charge in [0.2, 0.25) is 5.95 Å². The van der Waals surface area contributed by atoms with Crippen LogP contribution in [0.1, 0.15) is 35.2 Å². The van der Waals surface area contributed by atoms with Crippen LogP contribution in [0.3, 0.4) is 0 Å². The lowest BCUT2D eigenvalue weighted by atomic mass is 9.96. The lowest BCUT2D eigenvalue weighted by Crippen LogP contribution is -2.15. The van der Waals surface area contributed by atoms with Crippen LogP contribution in [-0.4, -0.2) is 19.5 Å². The third-order valence-electron chi connectivity index (χ3n) is 5.39. The van der Waals surface area contributed by atoms with Crippen molar-refractivity contribution >= 4 is 16.9 Å². The number of aryl methyl sites for hydroxylation is 1. The van der Waals surface area contributed by atoms with Crippen LogP contribution in [0.2, 0.25) is 0 Å². The van der Waals surface area contributed by atoms with E-state index in [4.69, 9.17) is 9.97 Å². The summed E-state index contributed by atoms with van der Waals surface area (Å²) < 4.78 is 1.87. The fourth-order valence-electron chi connectivity index (χ4n) is 3.91. The second-order valence-electron chi connectivity index (χ2n) is 7.24. The first kappa shape index (κ1) is 17.4. The number of anilines is 1. The van der Waals surface area contributed by atoms with Crippen LogP contribution < -0.4 is 5.32 Å². The highest BCUT2D eigenvalue weighted by Crippen LogP contribution is 2.28. The van der Waals surface area contributed by atoms with Gasteiger partial charge >= 0.3 is 0 Å². The standard InChI is InChI=1S/C23H20N6/c24-13-17-9-6-12-20-21(17)26-15-29(20)23-27-19-11-5-4-10-18(19)22(28-23)25-14-16-7-2-1-3-8-16/h1-3,6-9,12,15H,4-5,10-11,14H2,(H,25,27,28). The van der Waals surface area contributed by atoms with E-state index in [1.54, 1.807) is 12.4 Å². The molecule has 2 heterocycles. The van der Waals surface area contributed by atoms with Gasteiger partial charge in [-0.15, -0.1) is 0 Å². The van der Waals surface area contributed by atoms with Crippen LogP contribution in [0.25, 0.3) is 17.0 Å². The van der Waals surface area contributed by atoms with Crippen molar-refractivity contribution < 1.29 is 0 Å². The number of hydrogen-bond acceptors (Lipinski definition) is 5. The number of nitrogens with zero attached hydrogens (tertiary/aromatic N) is 5. The van der Waals surface area contributed by atoms with Crippen molar-refractivity contribution in [3.05, 3.63) is 77.2 Å². The first-order valence-electron chi connectivity index (χ1n) is 9.87. The number of benzene rings is 2. The number of fused-ring (bicyclic) bond motifs is 2. The Morgan fingerprint density at radius 3 is 2.72 bits per heavy atom. The molecule has 6 nitrogen and oxygen atoms in total. The summed E-state index contributed by atoms with van der Waals surface area (Å²) in [6, 6.07) is 18.1. The van der Waals surface area contributed by atoms with Crippen LogP contribution in [0.4, 0.5) is 5.82 Å². The van der Waals surface area contributed by atoms with E-state index < -0.39 is 0 Å². The highest BCUT2D eigenvalue weighted by atomic mass is 15.2. The number of para-hydroxylation sites is 1. The van der Waals surface area contributed by atoms with Gasteiger partial charge < -0.3 is 5.32 Å². The van der Waals surface area contributed by atoms with E-state index in [9.17, 15) is 5.26 Å². The molecule has 1 N–H and O–H groups in total. The minimum absolute atomic E-state index is 0.557. The zero-order valence-corrected chi connectivity index (χ0v) is 16.0. The minimum Gasteiger partial charge on any atom is -0.366 e. The molecule has 142 valence electrons. The Kier molecular flexibility index (Phi) is 4.41. The number of aromatic nitrogens is 4. The zero-order chi connectivity index (χ0) is 19.6. The van der Waals surface area contributed by atoms with Crippen molar-refractivity contribution in [3.63, 3.8) is 0 Å². The molecule has 0 unspecified atom stereocenters. The van der Waals surface area contributed by atoms with Crippen molar-refractivity contribution in [2.45, 2.75) is 32.2 Å². The molecule has 2 aromatic carbocycles. The molecule has 2 aromatic heterocycles. The highest BCUT2D eigenvalue weighted by molar-refractivity contribution is 5.82. The van der Waals surface area contributed by atoms with E-state index in [2.05, 4.69) is 28.5 Å². The molecular weight excluding hydrogens is 360 g/mol. The summed E-state index contributed by atoms with van der Waals surface area (Å²) in [6.45, 7) is 0.715. The first-order valence-corrected chi connectivity index (χ1v) is 9.87. The zero-order valence-electron chi connectivity index (χ0n) is 16.0. The predicted octanol–water partition coefficient (Wildman–Crippen LogP) is 4.18. The van der Waals surface area contributed by atoms with E-state index in [1.165, 1.54) is 11.1 Å². The van der Waals surface area contributed by atoms with E-state index in [1.807, 2.05) is 34.9 Å². The maximum Gasteiger partial charge on any atom is 0.237 e. The van der Waals surface area contributed by atoms with Crippen LogP contribution in [-0.2, 0) is 19.4 Å². The third kappa shape index (κ3) is 3.21. The van der Waals surface area contributed by atoms with Gasteiger partial charge in [-0.1, -0.05) is 36.4 Å². The molecule has 1 aliphatic carbocycles. The molecule has 4 aromatic rings. The molecule has 0 fully saturated rings. The molecule has 0 amide bonds. The Morgan fingerprint density at radius 2 is 1.86 bits per heavy atom. The summed E-state index contributed by atoms with van der Waals surface area (Å²) in [7, 11) is 0. The second-order valence-corrected chi connectivity index (χ2v) is 7.24. The molecule has 0 saturated heterocycles. The fraction of sp³-hybridized carbons (Fsp3) is 0.217. The van der Waals surface area contributed by atoms with Crippen molar-refractivity contribution in [2.75, 3.05) is 5.32 Å². The Balaban J connectivity index is 1.58. The molecule has 6 heteroatoms. The average molecular weight is 380 g/mol. The lowest BCUT2D eigenvalue weighted by Gasteiger charge is -2.20. The maximum absolute atomic E-state index is 9.36. The smallest absolute Gasteiger partial charge is 0.237 e. The summed E-state index contributed by atoms with van der Waals surface area (Å²) in [6.07, 6.45) is 5.97. The van der Waals surface area contributed by atoms with Gasteiger partial charge in [0, 0.05) is 12.1 Å². The number of rotatable bonds is 4. The summed E-state index contributed by atoms with van der Waals surface area (Å²) >= 11 is 0. The molecular formula is C23H20N6. The number of nitrogens with one attached hydrogen (secondary N) is 1. The number of imidazole rings is 1. The Bertz CT molecular complexity index is 1220. The van der Waals surface area contributed by atoms with Crippen molar-refractivity contribution in [3.8, 4) is 12.0 Å².